The third-order valence-corrected chi connectivity index (χ3v) is 1.52. The lowest BCUT2D eigenvalue weighted by molar-refractivity contribution is 0.390. The van der Waals surface area contributed by atoms with Gasteiger partial charge in [0.1, 0.15) is 0 Å². The highest BCUT2D eigenvalue weighted by Crippen LogP contribution is 1.85. The molecule has 0 aliphatic carbocycles. The molecule has 0 heterocycles. The molecule has 0 radical (unpaired) electrons. The van der Waals surface area contributed by atoms with Gasteiger partial charge in [-0.3, -0.25) is 4.90 Å². The SMILES string of the molecule is C=CC#CCN(CC#CC=C)CC#CC=C. The zero-order valence-corrected chi connectivity index (χ0v) is 9.42. The van der Waals surface area contributed by atoms with Gasteiger partial charge in [-0.15, -0.1) is 0 Å². The van der Waals surface area contributed by atoms with Gasteiger partial charge in [0.25, 0.3) is 0 Å². The van der Waals surface area contributed by atoms with Crippen LogP contribution in [-0.2, 0) is 0 Å². The van der Waals surface area contributed by atoms with Crippen molar-refractivity contribution in [3.63, 3.8) is 0 Å². The Kier molecular flexibility index (Phi) is 9.47. The predicted molar refractivity (Wildman–Crippen MR) is 70.4 cm³/mol. The molecular weight excluding hydrogens is 194 g/mol. The molecule has 16 heavy (non-hydrogen) atoms. The Morgan fingerprint density at radius 2 is 1.00 bits per heavy atom. The van der Waals surface area contributed by atoms with Crippen LogP contribution >= 0.6 is 0 Å². The largest absolute Gasteiger partial charge is 0.270 e. The number of rotatable bonds is 3. The smallest absolute Gasteiger partial charge is 0.0622 e. The summed E-state index contributed by atoms with van der Waals surface area (Å²) < 4.78 is 0. The van der Waals surface area contributed by atoms with E-state index in [1.807, 2.05) is 4.90 Å². The highest BCUT2D eigenvalue weighted by atomic mass is 15.1. The molecule has 1 heteroatoms. The van der Waals surface area contributed by atoms with Crippen molar-refractivity contribution in [3.05, 3.63) is 38.0 Å². The van der Waals surface area contributed by atoms with Gasteiger partial charge in [0, 0.05) is 0 Å². The Morgan fingerprint density at radius 1 is 0.688 bits per heavy atom. The van der Waals surface area contributed by atoms with E-state index in [-0.39, 0.29) is 0 Å². The lowest BCUT2D eigenvalue weighted by atomic mass is 10.4. The Morgan fingerprint density at radius 3 is 1.25 bits per heavy atom. The molecule has 0 fully saturated rings. The summed E-state index contributed by atoms with van der Waals surface area (Å²) in [5.74, 6) is 17.3. The monoisotopic (exact) mass is 209 g/mol. The lowest BCUT2D eigenvalue weighted by Gasteiger charge is -2.11. The van der Waals surface area contributed by atoms with E-state index in [1.54, 1.807) is 18.2 Å². The molecule has 1 nitrogen and oxygen atoms in total. The van der Waals surface area contributed by atoms with Crippen molar-refractivity contribution in [2.24, 2.45) is 0 Å². The molecule has 0 saturated heterocycles. The lowest BCUT2D eigenvalue weighted by Crippen LogP contribution is -2.24. The zero-order valence-electron chi connectivity index (χ0n) is 9.42. The molecule has 0 unspecified atom stereocenters. The summed E-state index contributed by atoms with van der Waals surface area (Å²) >= 11 is 0. The second kappa shape index (κ2) is 10.9. The van der Waals surface area contributed by atoms with Gasteiger partial charge in [0.2, 0.25) is 0 Å². The van der Waals surface area contributed by atoms with Crippen LogP contribution in [0.1, 0.15) is 0 Å². The molecule has 0 aromatic rings. The summed E-state index contributed by atoms with van der Waals surface area (Å²) in [6.45, 7) is 12.5. The molecule has 0 N–H and O–H groups in total. The Bertz CT molecular complexity index is 343. The molecule has 0 aromatic carbocycles. The topological polar surface area (TPSA) is 3.24 Å². The molecule has 0 amide bonds. The van der Waals surface area contributed by atoms with Gasteiger partial charge < -0.3 is 0 Å². The molecule has 0 bridgehead atoms. The molecule has 0 aromatic heterocycles. The average molecular weight is 209 g/mol. The minimum absolute atomic E-state index is 0.629. The summed E-state index contributed by atoms with van der Waals surface area (Å²) in [5.41, 5.74) is 0. The maximum Gasteiger partial charge on any atom is 0.0622 e. The molecule has 0 saturated carbocycles. The standard InChI is InChI=1S/C15H15N/c1-4-7-10-13-16(14-11-8-5-2)15-12-9-6-3/h4-6H,1-3,13-15H2. The van der Waals surface area contributed by atoms with Crippen LogP contribution in [0.15, 0.2) is 38.0 Å². The van der Waals surface area contributed by atoms with E-state index < -0.39 is 0 Å². The van der Waals surface area contributed by atoms with Crippen molar-refractivity contribution in [2.75, 3.05) is 19.6 Å². The summed E-state index contributed by atoms with van der Waals surface area (Å²) in [6.07, 6.45) is 4.72. The van der Waals surface area contributed by atoms with E-state index in [1.165, 1.54) is 0 Å². The number of nitrogens with zero attached hydrogens (tertiary/aromatic N) is 1. The summed E-state index contributed by atoms with van der Waals surface area (Å²) in [7, 11) is 0. The summed E-state index contributed by atoms with van der Waals surface area (Å²) in [5, 5.41) is 0. The van der Waals surface area contributed by atoms with Crippen LogP contribution in [0.25, 0.3) is 0 Å². The third kappa shape index (κ3) is 8.46. The quantitative estimate of drug-likeness (QED) is 0.641. The molecule has 80 valence electrons. The molecule has 0 atom stereocenters. The van der Waals surface area contributed by atoms with Crippen LogP contribution in [0, 0.1) is 35.5 Å². The van der Waals surface area contributed by atoms with Crippen molar-refractivity contribution in [1.29, 1.82) is 0 Å². The van der Waals surface area contributed by atoms with E-state index >= 15 is 0 Å². The Balaban J connectivity index is 4.30. The van der Waals surface area contributed by atoms with Crippen molar-refractivity contribution in [3.8, 4) is 35.5 Å². The minimum atomic E-state index is 0.629. The van der Waals surface area contributed by atoms with Gasteiger partial charge in [0.05, 0.1) is 19.6 Å². The van der Waals surface area contributed by atoms with Crippen molar-refractivity contribution in [1.82, 2.24) is 4.90 Å². The van der Waals surface area contributed by atoms with E-state index in [0.717, 1.165) is 0 Å². The first-order valence-corrected chi connectivity index (χ1v) is 4.85. The van der Waals surface area contributed by atoms with Crippen molar-refractivity contribution in [2.45, 2.75) is 0 Å². The normalized spacial score (nSPS) is 7.31. The molecule has 0 aliphatic rings. The number of hydrogen-bond acceptors (Lipinski definition) is 1. The van der Waals surface area contributed by atoms with Gasteiger partial charge in [0.15, 0.2) is 0 Å². The molecule has 0 rings (SSSR count). The maximum absolute atomic E-state index is 3.53. The van der Waals surface area contributed by atoms with Gasteiger partial charge >= 0.3 is 0 Å². The van der Waals surface area contributed by atoms with Gasteiger partial charge in [-0.05, 0) is 18.2 Å². The first kappa shape index (κ1) is 13.9. The van der Waals surface area contributed by atoms with Gasteiger partial charge in [-0.25, -0.2) is 0 Å². The van der Waals surface area contributed by atoms with Crippen LogP contribution in [-0.4, -0.2) is 24.5 Å². The molecule has 0 spiro atoms. The zero-order chi connectivity index (χ0) is 12.1. The van der Waals surface area contributed by atoms with Gasteiger partial charge in [-0.1, -0.05) is 55.3 Å². The van der Waals surface area contributed by atoms with Crippen molar-refractivity contribution < 1.29 is 0 Å². The third-order valence-electron chi connectivity index (χ3n) is 1.52. The van der Waals surface area contributed by atoms with E-state index in [4.69, 9.17) is 0 Å². The molecular formula is C15H15N. The Labute approximate surface area is 98.5 Å². The first-order chi connectivity index (χ1) is 7.85. The van der Waals surface area contributed by atoms with E-state index in [9.17, 15) is 0 Å². The van der Waals surface area contributed by atoms with Crippen LogP contribution in [0.2, 0.25) is 0 Å². The van der Waals surface area contributed by atoms with Crippen LogP contribution in [0.4, 0.5) is 0 Å². The summed E-state index contributed by atoms with van der Waals surface area (Å²) in [6, 6.07) is 0. The number of hydrogen-bond donors (Lipinski definition) is 0. The van der Waals surface area contributed by atoms with E-state index in [2.05, 4.69) is 55.3 Å². The fourth-order valence-corrected chi connectivity index (χ4v) is 0.857. The van der Waals surface area contributed by atoms with Crippen LogP contribution < -0.4 is 0 Å². The molecule has 0 aliphatic heterocycles. The fraction of sp³-hybridized carbons (Fsp3) is 0.200. The second-order valence-electron chi connectivity index (χ2n) is 2.72. The highest BCUT2D eigenvalue weighted by molar-refractivity contribution is 5.18. The predicted octanol–water partition coefficient (Wildman–Crippen LogP) is 1.86. The van der Waals surface area contributed by atoms with Crippen LogP contribution in [0.3, 0.4) is 0 Å². The van der Waals surface area contributed by atoms with Gasteiger partial charge in [-0.2, -0.15) is 0 Å². The highest BCUT2D eigenvalue weighted by Gasteiger charge is 1.97. The maximum atomic E-state index is 3.53. The van der Waals surface area contributed by atoms with Crippen molar-refractivity contribution >= 4 is 0 Å². The first-order valence-electron chi connectivity index (χ1n) is 4.85. The van der Waals surface area contributed by atoms with Crippen LogP contribution in [0.5, 0.6) is 0 Å². The summed E-state index contributed by atoms with van der Waals surface area (Å²) in [4.78, 5) is 2.03. The second-order valence-corrected chi connectivity index (χ2v) is 2.72. The Hall–Kier alpha value is -2.14. The number of allylic oxidation sites excluding steroid dienone is 3. The van der Waals surface area contributed by atoms with E-state index in [0.29, 0.717) is 19.6 Å². The minimum Gasteiger partial charge on any atom is -0.270 e. The fourth-order valence-electron chi connectivity index (χ4n) is 0.857. The average Bonchev–Trinajstić information content (AvgIpc) is 2.29.